The minimum atomic E-state index is -0.468. The van der Waals surface area contributed by atoms with E-state index in [0.29, 0.717) is 27.5 Å². The molecule has 0 unspecified atom stereocenters. The van der Waals surface area contributed by atoms with Gasteiger partial charge in [-0.05, 0) is 42.6 Å². The molecule has 0 amide bonds. The van der Waals surface area contributed by atoms with Crippen molar-refractivity contribution in [2.45, 2.75) is 23.9 Å². The average molecular weight is 374 g/mol. The highest BCUT2D eigenvalue weighted by Gasteiger charge is 2.20. The van der Waals surface area contributed by atoms with E-state index in [1.165, 1.54) is 51.9 Å². The molecule has 3 aromatic rings. The topological polar surface area (TPSA) is 52.0 Å². The summed E-state index contributed by atoms with van der Waals surface area (Å²) in [6.45, 7) is 5.75. The summed E-state index contributed by atoms with van der Waals surface area (Å²) in [4.78, 5) is 29.7. The number of thioether (sulfide) groups is 1. The number of carbonyl (C=O) groups excluding carboxylic acids is 1. The van der Waals surface area contributed by atoms with E-state index >= 15 is 0 Å². The van der Waals surface area contributed by atoms with E-state index in [1.807, 2.05) is 5.38 Å². The van der Waals surface area contributed by atoms with Crippen LogP contribution < -0.4 is 5.56 Å². The van der Waals surface area contributed by atoms with Crippen molar-refractivity contribution in [3.8, 4) is 0 Å². The van der Waals surface area contributed by atoms with Crippen LogP contribution in [0, 0.1) is 5.82 Å². The molecule has 25 heavy (non-hydrogen) atoms. The highest BCUT2D eigenvalue weighted by Crippen LogP contribution is 2.26. The Kier molecular flexibility index (Phi) is 5.15. The average Bonchev–Trinajstić information content (AvgIpc) is 3.07. The Morgan fingerprint density at radius 1 is 1.40 bits per heavy atom. The van der Waals surface area contributed by atoms with Crippen LogP contribution in [0.4, 0.5) is 4.39 Å². The summed E-state index contributed by atoms with van der Waals surface area (Å²) < 4.78 is 15.1. The van der Waals surface area contributed by atoms with Crippen LogP contribution in [0.15, 0.2) is 58.3 Å². The fraction of sp³-hybridized carbons (Fsp3) is 0.167. The van der Waals surface area contributed by atoms with Crippen LogP contribution in [0.5, 0.6) is 0 Å². The van der Waals surface area contributed by atoms with E-state index in [9.17, 15) is 14.0 Å². The van der Waals surface area contributed by atoms with Crippen molar-refractivity contribution in [1.82, 2.24) is 9.55 Å². The normalized spacial score (nSPS) is 12.2. The van der Waals surface area contributed by atoms with Gasteiger partial charge in [0.1, 0.15) is 10.5 Å². The second-order valence-electron chi connectivity index (χ2n) is 5.36. The van der Waals surface area contributed by atoms with Crippen molar-refractivity contribution < 1.29 is 9.18 Å². The molecule has 7 heteroatoms. The number of ketones is 1. The first kappa shape index (κ1) is 17.6. The molecule has 0 aliphatic carbocycles. The molecule has 0 N–H and O–H groups in total. The third-order valence-corrected chi connectivity index (χ3v) is 5.60. The summed E-state index contributed by atoms with van der Waals surface area (Å²) in [5.74, 6) is -0.531. The number of aromatic nitrogens is 2. The molecule has 0 aliphatic rings. The van der Waals surface area contributed by atoms with Crippen LogP contribution in [0.2, 0.25) is 0 Å². The standard InChI is InChI=1S/C18H15FN2O2S2/c1-3-9-21-17(23)16-14(8-10-24-16)20-18(21)25-11(2)15(22)12-4-6-13(19)7-5-12/h3-8,10-11H,1,9H2,2H3/t11-/m1/s1. The van der Waals surface area contributed by atoms with Crippen LogP contribution in [-0.2, 0) is 6.54 Å². The van der Waals surface area contributed by atoms with Gasteiger partial charge in [-0.3, -0.25) is 14.2 Å². The molecule has 1 atom stereocenters. The molecule has 0 aliphatic heterocycles. The predicted octanol–water partition coefficient (Wildman–Crippen LogP) is 4.15. The molecular formula is C18H15FN2O2S2. The minimum absolute atomic E-state index is 0.135. The van der Waals surface area contributed by atoms with Gasteiger partial charge in [0.2, 0.25) is 0 Å². The molecule has 2 heterocycles. The van der Waals surface area contributed by atoms with Gasteiger partial charge in [-0.1, -0.05) is 17.8 Å². The Labute approximate surface area is 152 Å². The Hall–Kier alpha value is -2.25. The summed E-state index contributed by atoms with van der Waals surface area (Å²) in [5.41, 5.74) is 0.915. The fourth-order valence-electron chi connectivity index (χ4n) is 2.36. The molecule has 0 bridgehead atoms. The first-order chi connectivity index (χ1) is 12.0. The van der Waals surface area contributed by atoms with Gasteiger partial charge in [0.25, 0.3) is 5.56 Å². The maximum absolute atomic E-state index is 13.0. The van der Waals surface area contributed by atoms with E-state index in [4.69, 9.17) is 0 Å². The predicted molar refractivity (Wildman–Crippen MR) is 100 cm³/mol. The number of hydrogen-bond acceptors (Lipinski definition) is 5. The van der Waals surface area contributed by atoms with E-state index in [-0.39, 0.29) is 17.2 Å². The van der Waals surface area contributed by atoms with E-state index < -0.39 is 5.25 Å². The van der Waals surface area contributed by atoms with Crippen LogP contribution in [0.3, 0.4) is 0 Å². The molecule has 0 fully saturated rings. The second-order valence-corrected chi connectivity index (χ2v) is 7.59. The number of benzene rings is 1. The van der Waals surface area contributed by atoms with Gasteiger partial charge in [0.15, 0.2) is 10.9 Å². The quantitative estimate of drug-likeness (QED) is 0.282. The molecule has 2 aromatic heterocycles. The Morgan fingerprint density at radius 3 is 2.80 bits per heavy atom. The lowest BCUT2D eigenvalue weighted by Gasteiger charge is -2.14. The number of allylic oxidation sites excluding steroid dienone is 1. The molecule has 3 rings (SSSR count). The molecule has 128 valence electrons. The lowest BCUT2D eigenvalue weighted by molar-refractivity contribution is 0.0994. The van der Waals surface area contributed by atoms with Crippen molar-refractivity contribution in [2.24, 2.45) is 0 Å². The number of fused-ring (bicyclic) bond motifs is 1. The van der Waals surface area contributed by atoms with Crippen molar-refractivity contribution in [1.29, 1.82) is 0 Å². The van der Waals surface area contributed by atoms with Gasteiger partial charge in [0, 0.05) is 12.1 Å². The summed E-state index contributed by atoms with van der Waals surface area (Å²) in [6, 6.07) is 7.22. The Balaban J connectivity index is 1.94. The van der Waals surface area contributed by atoms with E-state index in [1.54, 1.807) is 19.1 Å². The first-order valence-corrected chi connectivity index (χ1v) is 9.32. The smallest absolute Gasteiger partial charge is 0.272 e. The van der Waals surface area contributed by atoms with Crippen molar-refractivity contribution in [3.05, 3.63) is 70.1 Å². The lowest BCUT2D eigenvalue weighted by atomic mass is 10.1. The molecule has 0 saturated heterocycles. The van der Waals surface area contributed by atoms with Crippen molar-refractivity contribution >= 4 is 39.1 Å². The maximum atomic E-state index is 13.0. The van der Waals surface area contributed by atoms with Gasteiger partial charge in [-0.25, -0.2) is 9.37 Å². The summed E-state index contributed by atoms with van der Waals surface area (Å²) >= 11 is 2.56. The van der Waals surface area contributed by atoms with E-state index in [0.717, 1.165) is 0 Å². The lowest BCUT2D eigenvalue weighted by Crippen LogP contribution is -2.24. The zero-order valence-electron chi connectivity index (χ0n) is 13.4. The fourth-order valence-corrected chi connectivity index (χ4v) is 4.14. The minimum Gasteiger partial charge on any atom is -0.293 e. The summed E-state index contributed by atoms with van der Waals surface area (Å²) in [7, 11) is 0. The zero-order valence-corrected chi connectivity index (χ0v) is 15.1. The number of halogens is 1. The van der Waals surface area contributed by atoms with Gasteiger partial charge in [-0.2, -0.15) is 0 Å². The molecule has 0 radical (unpaired) electrons. The highest BCUT2D eigenvalue weighted by atomic mass is 32.2. The number of thiophene rings is 1. The molecule has 0 saturated carbocycles. The zero-order chi connectivity index (χ0) is 18.0. The molecule has 4 nitrogen and oxygen atoms in total. The number of carbonyl (C=O) groups is 1. The summed E-state index contributed by atoms with van der Waals surface area (Å²) in [6.07, 6.45) is 1.62. The number of rotatable bonds is 6. The number of hydrogen-bond donors (Lipinski definition) is 0. The molecule has 1 aromatic carbocycles. The monoisotopic (exact) mass is 374 g/mol. The summed E-state index contributed by atoms with van der Waals surface area (Å²) in [5, 5.41) is 1.82. The number of Topliss-reactive ketones (excluding diaryl/α,β-unsaturated/α-hetero) is 1. The Bertz CT molecular complexity index is 992. The van der Waals surface area contributed by atoms with Crippen molar-refractivity contribution in [2.75, 3.05) is 0 Å². The van der Waals surface area contributed by atoms with Crippen molar-refractivity contribution in [3.63, 3.8) is 0 Å². The van der Waals surface area contributed by atoms with Crippen LogP contribution in [-0.4, -0.2) is 20.6 Å². The van der Waals surface area contributed by atoms with E-state index in [2.05, 4.69) is 11.6 Å². The van der Waals surface area contributed by atoms with Crippen LogP contribution in [0.1, 0.15) is 17.3 Å². The molecular weight excluding hydrogens is 359 g/mol. The first-order valence-electron chi connectivity index (χ1n) is 7.56. The van der Waals surface area contributed by atoms with Gasteiger partial charge < -0.3 is 0 Å². The van der Waals surface area contributed by atoms with Gasteiger partial charge >= 0.3 is 0 Å². The van der Waals surface area contributed by atoms with Gasteiger partial charge in [0.05, 0.1) is 10.8 Å². The third-order valence-electron chi connectivity index (χ3n) is 3.62. The van der Waals surface area contributed by atoms with Crippen LogP contribution >= 0.6 is 23.1 Å². The molecule has 0 spiro atoms. The van der Waals surface area contributed by atoms with Gasteiger partial charge in [-0.15, -0.1) is 17.9 Å². The largest absolute Gasteiger partial charge is 0.293 e. The Morgan fingerprint density at radius 2 is 2.12 bits per heavy atom. The SMILES string of the molecule is C=CCn1c(S[C@H](C)C(=O)c2ccc(F)cc2)nc2ccsc2c1=O. The number of nitrogens with zero attached hydrogens (tertiary/aromatic N) is 2. The maximum Gasteiger partial charge on any atom is 0.272 e. The third kappa shape index (κ3) is 3.57. The second kappa shape index (κ2) is 7.33. The highest BCUT2D eigenvalue weighted by molar-refractivity contribution is 8.00. The van der Waals surface area contributed by atoms with Crippen LogP contribution in [0.25, 0.3) is 10.2 Å².